The molecule has 1 fully saturated rings. The van der Waals surface area contributed by atoms with E-state index in [2.05, 4.69) is 5.32 Å². The van der Waals surface area contributed by atoms with Crippen LogP contribution in [-0.4, -0.2) is 33.6 Å². The lowest BCUT2D eigenvalue weighted by Gasteiger charge is -2.23. The third-order valence-corrected chi connectivity index (χ3v) is 4.01. The van der Waals surface area contributed by atoms with Crippen molar-refractivity contribution >= 4 is 15.9 Å². The second-order valence-electron chi connectivity index (χ2n) is 4.67. The van der Waals surface area contributed by atoms with E-state index in [0.29, 0.717) is 31.6 Å². The van der Waals surface area contributed by atoms with E-state index >= 15 is 0 Å². The summed E-state index contributed by atoms with van der Waals surface area (Å²) in [6, 6.07) is 0.999. The first-order valence-electron chi connectivity index (χ1n) is 6.20. The molecular weight excluding hydrogens is 306 g/mol. The van der Waals surface area contributed by atoms with E-state index in [1.807, 2.05) is 0 Å². The minimum atomic E-state index is -4.39. The van der Waals surface area contributed by atoms with E-state index in [1.165, 1.54) is 0 Å². The Morgan fingerprint density at radius 3 is 2.67 bits per heavy atom. The molecule has 1 amide bonds. The average molecular weight is 320 g/mol. The van der Waals surface area contributed by atoms with Gasteiger partial charge < -0.3 is 10.1 Å². The number of carbonyl (C=O) groups excluding carboxylic acids is 1. The highest BCUT2D eigenvalue weighted by Crippen LogP contribution is 2.20. The van der Waals surface area contributed by atoms with E-state index < -0.39 is 38.0 Å². The zero-order valence-corrected chi connectivity index (χ0v) is 11.8. The maximum absolute atomic E-state index is 14.0. The predicted molar refractivity (Wildman–Crippen MR) is 69.0 cm³/mol. The first-order chi connectivity index (χ1) is 9.80. The minimum absolute atomic E-state index is 0.240. The number of hydrogen-bond acceptors (Lipinski definition) is 4. The molecule has 1 aromatic carbocycles. The summed E-state index contributed by atoms with van der Waals surface area (Å²) in [4.78, 5) is 11.0. The number of nitrogens with two attached hydrogens (primary N) is 1. The van der Waals surface area contributed by atoms with Crippen LogP contribution in [0.3, 0.4) is 0 Å². The van der Waals surface area contributed by atoms with Gasteiger partial charge in [0.1, 0.15) is 16.3 Å². The molecule has 3 N–H and O–H groups in total. The Balaban J connectivity index is 2.32. The van der Waals surface area contributed by atoms with Crippen LogP contribution in [-0.2, 0) is 14.8 Å². The van der Waals surface area contributed by atoms with Gasteiger partial charge in [0.2, 0.25) is 10.0 Å². The molecule has 0 saturated carbocycles. The normalized spacial score (nSPS) is 19.3. The molecule has 0 aliphatic carbocycles. The molecule has 1 aliphatic heterocycles. The van der Waals surface area contributed by atoms with Gasteiger partial charge in [0.25, 0.3) is 5.91 Å². The number of benzene rings is 1. The SMILES string of the molecule is NS(=O)(=O)c1ccc(F)c(C(=O)NC2CCCOC2)c1F. The highest BCUT2D eigenvalue weighted by molar-refractivity contribution is 7.89. The molecule has 1 aliphatic rings. The molecule has 0 radical (unpaired) electrons. The largest absolute Gasteiger partial charge is 0.379 e. The van der Waals surface area contributed by atoms with E-state index in [4.69, 9.17) is 9.88 Å². The van der Waals surface area contributed by atoms with Crippen LogP contribution in [0, 0.1) is 11.6 Å². The number of rotatable bonds is 3. The number of amides is 1. The number of sulfonamides is 1. The van der Waals surface area contributed by atoms with Crippen molar-refractivity contribution in [2.75, 3.05) is 13.2 Å². The van der Waals surface area contributed by atoms with Crippen LogP contribution in [0.5, 0.6) is 0 Å². The molecule has 1 heterocycles. The molecule has 1 unspecified atom stereocenters. The standard InChI is InChI=1S/C12H14F2N2O4S/c13-8-3-4-9(21(15,18)19)11(14)10(8)12(17)16-7-2-1-5-20-6-7/h3-4,7H,1-2,5-6H2,(H,16,17)(H2,15,18,19). The lowest BCUT2D eigenvalue weighted by atomic mass is 10.1. The minimum Gasteiger partial charge on any atom is -0.379 e. The molecule has 6 nitrogen and oxygen atoms in total. The summed E-state index contributed by atoms with van der Waals surface area (Å²) in [5.41, 5.74) is -0.966. The molecule has 0 aromatic heterocycles. The van der Waals surface area contributed by atoms with Gasteiger partial charge in [-0.1, -0.05) is 0 Å². The van der Waals surface area contributed by atoms with Crippen molar-refractivity contribution in [1.82, 2.24) is 5.32 Å². The Bertz CT molecular complexity index is 657. The summed E-state index contributed by atoms with van der Waals surface area (Å²) in [6.45, 7) is 0.805. The summed E-state index contributed by atoms with van der Waals surface area (Å²) >= 11 is 0. The Labute approximate surface area is 120 Å². The van der Waals surface area contributed by atoms with Crippen LogP contribution in [0.25, 0.3) is 0 Å². The summed E-state index contributed by atoms with van der Waals surface area (Å²) in [5.74, 6) is -3.69. The molecule has 1 atom stereocenters. The van der Waals surface area contributed by atoms with Gasteiger partial charge in [-0.3, -0.25) is 4.79 Å². The molecule has 1 saturated heterocycles. The van der Waals surface area contributed by atoms with Crippen molar-refractivity contribution in [3.8, 4) is 0 Å². The lowest BCUT2D eigenvalue weighted by molar-refractivity contribution is 0.0620. The molecule has 0 spiro atoms. The number of ether oxygens (including phenoxy) is 1. The van der Waals surface area contributed by atoms with Crippen LogP contribution in [0.2, 0.25) is 0 Å². The van der Waals surface area contributed by atoms with E-state index in [0.717, 1.165) is 0 Å². The molecule has 9 heteroatoms. The van der Waals surface area contributed by atoms with Crippen LogP contribution < -0.4 is 10.5 Å². The van der Waals surface area contributed by atoms with Gasteiger partial charge in [0.15, 0.2) is 5.82 Å². The molecular formula is C12H14F2N2O4S. The predicted octanol–water partition coefficient (Wildman–Crippen LogP) is 0.521. The Hall–Kier alpha value is -1.58. The van der Waals surface area contributed by atoms with Gasteiger partial charge in [0, 0.05) is 6.61 Å². The summed E-state index contributed by atoms with van der Waals surface area (Å²) in [7, 11) is -4.39. The Morgan fingerprint density at radius 1 is 1.38 bits per heavy atom. The lowest BCUT2D eigenvalue weighted by Crippen LogP contribution is -2.41. The molecule has 21 heavy (non-hydrogen) atoms. The fourth-order valence-corrected chi connectivity index (χ4v) is 2.68. The van der Waals surface area contributed by atoms with Gasteiger partial charge in [0.05, 0.1) is 12.6 Å². The van der Waals surface area contributed by atoms with Gasteiger partial charge in [-0.2, -0.15) is 0 Å². The van der Waals surface area contributed by atoms with Crippen molar-refractivity contribution in [3.63, 3.8) is 0 Å². The maximum Gasteiger partial charge on any atom is 0.257 e. The molecule has 116 valence electrons. The number of primary sulfonamides is 1. The third-order valence-electron chi connectivity index (χ3n) is 3.08. The summed E-state index contributed by atoms with van der Waals surface area (Å²) in [6.07, 6.45) is 1.33. The van der Waals surface area contributed by atoms with Crippen LogP contribution >= 0.6 is 0 Å². The Morgan fingerprint density at radius 2 is 2.10 bits per heavy atom. The molecule has 1 aromatic rings. The number of carbonyl (C=O) groups is 1. The van der Waals surface area contributed by atoms with Crippen molar-refractivity contribution in [1.29, 1.82) is 0 Å². The smallest absolute Gasteiger partial charge is 0.257 e. The number of halogens is 2. The second kappa shape index (κ2) is 6.04. The fourth-order valence-electron chi connectivity index (χ4n) is 2.07. The number of nitrogens with one attached hydrogen (secondary N) is 1. The first-order valence-corrected chi connectivity index (χ1v) is 7.74. The zero-order chi connectivity index (χ0) is 15.6. The maximum atomic E-state index is 14.0. The van der Waals surface area contributed by atoms with Crippen molar-refractivity contribution < 1.29 is 26.7 Å². The van der Waals surface area contributed by atoms with E-state index in [-0.39, 0.29) is 12.6 Å². The summed E-state index contributed by atoms with van der Waals surface area (Å²) in [5, 5.41) is 7.23. The van der Waals surface area contributed by atoms with Crippen LogP contribution in [0.1, 0.15) is 23.2 Å². The van der Waals surface area contributed by atoms with Crippen molar-refractivity contribution in [3.05, 3.63) is 29.3 Å². The third kappa shape index (κ3) is 3.55. The van der Waals surface area contributed by atoms with Crippen molar-refractivity contribution in [2.24, 2.45) is 5.14 Å². The summed E-state index contributed by atoms with van der Waals surface area (Å²) < 4.78 is 55.2. The second-order valence-corrected chi connectivity index (χ2v) is 6.20. The van der Waals surface area contributed by atoms with E-state index in [1.54, 1.807) is 0 Å². The zero-order valence-electron chi connectivity index (χ0n) is 10.9. The van der Waals surface area contributed by atoms with Crippen molar-refractivity contribution in [2.45, 2.75) is 23.8 Å². The van der Waals surface area contributed by atoms with Crippen LogP contribution in [0.4, 0.5) is 8.78 Å². The number of hydrogen-bond donors (Lipinski definition) is 2. The average Bonchev–Trinajstić information content (AvgIpc) is 2.38. The Kier molecular flexibility index (Phi) is 4.55. The fraction of sp³-hybridized carbons (Fsp3) is 0.417. The molecule has 2 rings (SSSR count). The topological polar surface area (TPSA) is 98.5 Å². The van der Waals surface area contributed by atoms with Gasteiger partial charge in [-0.15, -0.1) is 0 Å². The molecule has 0 bridgehead atoms. The quantitative estimate of drug-likeness (QED) is 0.848. The highest BCUT2D eigenvalue weighted by atomic mass is 32.2. The highest BCUT2D eigenvalue weighted by Gasteiger charge is 2.27. The van der Waals surface area contributed by atoms with Crippen LogP contribution in [0.15, 0.2) is 17.0 Å². The van der Waals surface area contributed by atoms with Gasteiger partial charge in [-0.25, -0.2) is 22.3 Å². The first kappa shape index (κ1) is 15.8. The van der Waals surface area contributed by atoms with Gasteiger partial charge in [-0.05, 0) is 25.0 Å². The van der Waals surface area contributed by atoms with E-state index in [9.17, 15) is 22.0 Å². The van der Waals surface area contributed by atoms with Gasteiger partial charge >= 0.3 is 0 Å². The monoisotopic (exact) mass is 320 g/mol.